The lowest BCUT2D eigenvalue weighted by molar-refractivity contribution is 0.102. The lowest BCUT2D eigenvalue weighted by atomic mass is 10.2. The molecule has 10 nitrogen and oxygen atoms in total. The van der Waals surface area contributed by atoms with E-state index in [2.05, 4.69) is 20.2 Å². The molecule has 3 N–H and O–H groups in total. The van der Waals surface area contributed by atoms with Crippen LogP contribution in [0.3, 0.4) is 0 Å². The molecule has 3 aromatic heterocycles. The summed E-state index contributed by atoms with van der Waals surface area (Å²) in [6.45, 7) is 0. The molecular formula is C19H19N7O3S. The molecule has 11 heteroatoms. The summed E-state index contributed by atoms with van der Waals surface area (Å²) < 4.78 is 3.33. The van der Waals surface area contributed by atoms with Crippen LogP contribution in [0.2, 0.25) is 0 Å². The first-order valence-corrected chi connectivity index (χ1v) is 10.7. The molecule has 30 heavy (non-hydrogen) atoms. The van der Waals surface area contributed by atoms with E-state index < -0.39 is 17.0 Å². The minimum atomic E-state index is -0.750. The fourth-order valence-corrected chi connectivity index (χ4v) is 4.34. The summed E-state index contributed by atoms with van der Waals surface area (Å²) in [5.74, 6) is 0.173. The number of H-pyrrole nitrogens is 1. The Morgan fingerprint density at radius 2 is 1.90 bits per heavy atom. The summed E-state index contributed by atoms with van der Waals surface area (Å²) in [6.07, 6.45) is 7.07. The van der Waals surface area contributed by atoms with Crippen molar-refractivity contribution in [2.75, 3.05) is 11.5 Å². The second-order valence-corrected chi connectivity index (χ2v) is 8.42. The highest BCUT2D eigenvalue weighted by Gasteiger charge is 2.32. The van der Waals surface area contributed by atoms with Crippen molar-refractivity contribution < 1.29 is 4.79 Å². The predicted molar refractivity (Wildman–Crippen MR) is 111 cm³/mol. The number of rotatable bonds is 7. The molecule has 0 bridgehead atoms. The number of Topliss-reactive ketones (excluding diaryl/α,β-unsaturated/α-hetero) is 1. The number of pyridine rings is 1. The molecule has 3 heterocycles. The van der Waals surface area contributed by atoms with Crippen molar-refractivity contribution in [2.24, 2.45) is 0 Å². The Hall–Kier alpha value is -3.21. The van der Waals surface area contributed by atoms with Gasteiger partial charge < -0.3 is 5.73 Å². The second kappa shape index (κ2) is 7.24. The predicted octanol–water partition coefficient (Wildman–Crippen LogP) is 1.42. The summed E-state index contributed by atoms with van der Waals surface area (Å²) >= 11 is 1.21. The Bertz CT molecular complexity index is 1240. The monoisotopic (exact) mass is 425 g/mol. The first-order valence-electron chi connectivity index (χ1n) is 9.70. The van der Waals surface area contributed by atoms with Gasteiger partial charge in [0.25, 0.3) is 5.56 Å². The Balaban J connectivity index is 1.42. The highest BCUT2D eigenvalue weighted by atomic mass is 32.2. The van der Waals surface area contributed by atoms with E-state index >= 15 is 0 Å². The van der Waals surface area contributed by atoms with Gasteiger partial charge in [0, 0.05) is 30.0 Å². The van der Waals surface area contributed by atoms with Crippen molar-refractivity contribution >= 4 is 23.4 Å². The number of carbonyl (C=O) groups excluding carboxylic acids is 1. The van der Waals surface area contributed by atoms with Crippen molar-refractivity contribution in [3.63, 3.8) is 0 Å². The van der Waals surface area contributed by atoms with Gasteiger partial charge in [0.1, 0.15) is 11.4 Å². The minimum absolute atomic E-state index is 0.0337. The van der Waals surface area contributed by atoms with Crippen LogP contribution in [0.25, 0.3) is 11.4 Å². The first-order chi connectivity index (χ1) is 14.5. The van der Waals surface area contributed by atoms with Crippen LogP contribution in [0.5, 0.6) is 0 Å². The number of nitrogen functional groups attached to an aromatic ring is 1. The molecule has 0 radical (unpaired) electrons. The summed E-state index contributed by atoms with van der Waals surface area (Å²) in [5.41, 5.74) is 5.40. The number of aromatic amines is 1. The fourth-order valence-electron chi connectivity index (χ4n) is 3.46. The SMILES string of the molecule is Nc1c(C(=O)CSc2nnc(-c3cccnc3)n2C2CC2)c(=O)[nH]c(=O)n1C1CC1. The number of nitrogens with zero attached hydrogens (tertiary/aromatic N) is 5. The van der Waals surface area contributed by atoms with E-state index in [1.165, 1.54) is 16.3 Å². The van der Waals surface area contributed by atoms with E-state index in [1.807, 2.05) is 16.7 Å². The quantitative estimate of drug-likeness (QED) is 0.427. The van der Waals surface area contributed by atoms with E-state index in [9.17, 15) is 14.4 Å². The summed E-state index contributed by atoms with van der Waals surface area (Å²) in [6, 6.07) is 3.99. The zero-order valence-corrected chi connectivity index (χ0v) is 16.8. The van der Waals surface area contributed by atoms with Crippen LogP contribution in [0.4, 0.5) is 5.82 Å². The van der Waals surface area contributed by atoms with Gasteiger partial charge in [-0.25, -0.2) is 4.79 Å². The van der Waals surface area contributed by atoms with Gasteiger partial charge in [-0.3, -0.25) is 28.7 Å². The molecule has 0 saturated heterocycles. The van der Waals surface area contributed by atoms with E-state index in [4.69, 9.17) is 5.73 Å². The molecule has 2 aliphatic carbocycles. The highest BCUT2D eigenvalue weighted by molar-refractivity contribution is 7.99. The largest absolute Gasteiger partial charge is 0.384 e. The minimum Gasteiger partial charge on any atom is -0.384 e. The van der Waals surface area contributed by atoms with Crippen molar-refractivity contribution in [3.8, 4) is 11.4 Å². The number of thioether (sulfide) groups is 1. The van der Waals surface area contributed by atoms with Crippen LogP contribution in [0.1, 0.15) is 48.1 Å². The van der Waals surface area contributed by atoms with Gasteiger partial charge in [0.2, 0.25) is 0 Å². The van der Waals surface area contributed by atoms with Gasteiger partial charge in [-0.2, -0.15) is 0 Å². The first kappa shape index (κ1) is 18.8. The smallest absolute Gasteiger partial charge is 0.330 e. The molecule has 3 aromatic rings. The number of nitrogens with one attached hydrogen (secondary N) is 1. The van der Waals surface area contributed by atoms with Gasteiger partial charge in [0.05, 0.1) is 5.75 Å². The van der Waals surface area contributed by atoms with Crippen LogP contribution in [0, 0.1) is 0 Å². The van der Waals surface area contributed by atoms with Crippen LogP contribution < -0.4 is 17.0 Å². The molecule has 0 aliphatic heterocycles. The molecule has 154 valence electrons. The van der Waals surface area contributed by atoms with Gasteiger partial charge in [0.15, 0.2) is 16.8 Å². The van der Waals surface area contributed by atoms with Gasteiger partial charge in [-0.1, -0.05) is 11.8 Å². The van der Waals surface area contributed by atoms with Crippen molar-refractivity contribution in [1.82, 2.24) is 29.3 Å². The maximum absolute atomic E-state index is 12.8. The molecule has 0 spiro atoms. The topological polar surface area (TPSA) is 142 Å². The summed E-state index contributed by atoms with van der Waals surface area (Å²) in [5, 5.41) is 9.16. The Kier molecular flexibility index (Phi) is 4.54. The Labute approximate surface area is 174 Å². The lowest BCUT2D eigenvalue weighted by Gasteiger charge is -2.11. The van der Waals surface area contributed by atoms with Crippen molar-refractivity contribution in [2.45, 2.75) is 42.9 Å². The van der Waals surface area contributed by atoms with Crippen molar-refractivity contribution in [1.29, 1.82) is 0 Å². The molecule has 0 atom stereocenters. The highest BCUT2D eigenvalue weighted by Crippen LogP contribution is 2.41. The van der Waals surface area contributed by atoms with Gasteiger partial charge >= 0.3 is 5.69 Å². The molecule has 5 rings (SSSR count). The number of nitrogens with two attached hydrogens (primary N) is 1. The second-order valence-electron chi connectivity index (χ2n) is 7.48. The fraction of sp³-hybridized carbons (Fsp3) is 0.368. The number of carbonyl (C=O) groups is 1. The Morgan fingerprint density at radius 3 is 2.57 bits per heavy atom. The van der Waals surface area contributed by atoms with Gasteiger partial charge in [-0.05, 0) is 37.8 Å². The third kappa shape index (κ3) is 3.34. The molecule has 0 unspecified atom stereocenters. The molecule has 2 saturated carbocycles. The van der Waals surface area contributed by atoms with Crippen LogP contribution >= 0.6 is 11.8 Å². The molecule has 2 fully saturated rings. The average molecular weight is 425 g/mol. The zero-order chi connectivity index (χ0) is 20.8. The van der Waals surface area contributed by atoms with Crippen LogP contribution in [-0.4, -0.2) is 40.8 Å². The molecule has 2 aliphatic rings. The average Bonchev–Trinajstić information content (AvgIpc) is 3.66. The zero-order valence-electron chi connectivity index (χ0n) is 15.9. The number of ketones is 1. The third-order valence-corrected chi connectivity index (χ3v) is 6.14. The normalized spacial score (nSPS) is 16.0. The number of aromatic nitrogens is 6. The number of anilines is 1. The summed E-state index contributed by atoms with van der Waals surface area (Å²) in [4.78, 5) is 43.5. The van der Waals surface area contributed by atoms with Crippen LogP contribution in [-0.2, 0) is 0 Å². The van der Waals surface area contributed by atoms with Crippen molar-refractivity contribution in [3.05, 3.63) is 50.9 Å². The number of hydrogen-bond donors (Lipinski definition) is 2. The number of hydrogen-bond acceptors (Lipinski definition) is 8. The maximum Gasteiger partial charge on any atom is 0.330 e. The van der Waals surface area contributed by atoms with Crippen LogP contribution in [0.15, 0.2) is 39.3 Å². The Morgan fingerprint density at radius 1 is 1.17 bits per heavy atom. The molecule has 0 amide bonds. The third-order valence-electron chi connectivity index (χ3n) is 5.20. The van der Waals surface area contributed by atoms with Gasteiger partial charge in [-0.15, -0.1) is 10.2 Å². The van der Waals surface area contributed by atoms with E-state index in [0.29, 0.717) is 11.0 Å². The lowest BCUT2D eigenvalue weighted by Crippen LogP contribution is -2.36. The van der Waals surface area contributed by atoms with E-state index in [-0.39, 0.29) is 29.2 Å². The van der Waals surface area contributed by atoms with E-state index in [0.717, 1.165) is 31.2 Å². The summed E-state index contributed by atoms with van der Waals surface area (Å²) in [7, 11) is 0. The molecule has 0 aromatic carbocycles. The standard InChI is InChI=1S/C19H19N7O3S/c20-15-14(17(28)22-18(29)25(15)11-3-4-11)13(27)9-30-19-24-23-16(26(19)12-5-6-12)10-2-1-7-21-8-10/h1-2,7-8,11-12H,3-6,9,20H2,(H,22,28,29). The maximum atomic E-state index is 12.8. The molecular weight excluding hydrogens is 406 g/mol. The van der Waals surface area contributed by atoms with E-state index in [1.54, 1.807) is 12.4 Å².